The van der Waals surface area contributed by atoms with Crippen molar-refractivity contribution < 1.29 is 8.78 Å². The fraction of sp³-hybridized carbons (Fsp3) is 0.250. The van der Waals surface area contributed by atoms with E-state index >= 15 is 0 Å². The molecule has 0 aliphatic heterocycles. The van der Waals surface area contributed by atoms with Gasteiger partial charge < -0.3 is 0 Å². The largest absolute Gasteiger partial charge is 0.280 e. The van der Waals surface area contributed by atoms with Crippen LogP contribution in [0.1, 0.15) is 23.4 Å². The van der Waals surface area contributed by atoms with E-state index in [1.807, 2.05) is 0 Å². The van der Waals surface area contributed by atoms with Gasteiger partial charge >= 0.3 is 0 Å². The molecule has 0 aromatic carbocycles. The summed E-state index contributed by atoms with van der Waals surface area (Å²) in [5.74, 6) is 0.0231. The van der Waals surface area contributed by atoms with Gasteiger partial charge in [-0.1, -0.05) is 0 Å². The van der Waals surface area contributed by atoms with Gasteiger partial charge in [0.15, 0.2) is 0 Å². The number of hydrogen-bond donors (Lipinski definition) is 0. The first-order valence-electron chi connectivity index (χ1n) is 3.42. The molecule has 0 unspecified atom stereocenters. The first-order chi connectivity index (χ1) is 6.17. The lowest BCUT2D eigenvalue weighted by molar-refractivity contribution is 0.146. The summed E-state index contributed by atoms with van der Waals surface area (Å²) < 4.78 is 24.4. The molecule has 1 heterocycles. The summed E-state index contributed by atoms with van der Waals surface area (Å²) in [6.07, 6.45) is -2.67. The van der Waals surface area contributed by atoms with E-state index < -0.39 is 12.1 Å². The molecule has 0 atom stereocenters. The van der Waals surface area contributed by atoms with Crippen LogP contribution in [0.4, 0.5) is 8.78 Å². The quantitative estimate of drug-likeness (QED) is 0.692. The van der Waals surface area contributed by atoms with Crippen molar-refractivity contribution in [1.82, 2.24) is 4.98 Å². The number of nitriles is 1. The Labute approximate surface area is 78.8 Å². The fourth-order valence-electron chi connectivity index (χ4n) is 0.856. The van der Waals surface area contributed by atoms with Crippen molar-refractivity contribution in [2.75, 3.05) is 0 Å². The van der Waals surface area contributed by atoms with Gasteiger partial charge in [0.05, 0.1) is 23.2 Å². The Morgan fingerprint density at radius 3 is 2.69 bits per heavy atom. The summed E-state index contributed by atoms with van der Waals surface area (Å²) in [6.45, 7) is 0. The van der Waals surface area contributed by atoms with E-state index in [1.54, 1.807) is 6.07 Å². The smallest absolute Gasteiger partial charge is 0.251 e. The molecule has 0 amide bonds. The number of alkyl halides is 3. The van der Waals surface area contributed by atoms with Crippen molar-refractivity contribution in [1.29, 1.82) is 5.26 Å². The Morgan fingerprint density at radius 2 is 2.23 bits per heavy atom. The standard InChI is InChI=1S/C8H5ClF2N2/c9-3-6-1-5(4-12)2-7(13-6)8(10)11/h1-2,8H,3H2. The van der Waals surface area contributed by atoms with Crippen molar-refractivity contribution >= 4 is 11.6 Å². The molecule has 0 saturated carbocycles. The molecule has 0 radical (unpaired) electrons. The Bertz CT molecular complexity index is 346. The summed E-state index contributed by atoms with van der Waals surface area (Å²) in [7, 11) is 0. The molecule has 0 bridgehead atoms. The van der Waals surface area contributed by atoms with Crippen LogP contribution in [0.15, 0.2) is 12.1 Å². The first-order valence-corrected chi connectivity index (χ1v) is 3.96. The topological polar surface area (TPSA) is 36.7 Å². The molecule has 2 nitrogen and oxygen atoms in total. The highest BCUT2D eigenvalue weighted by molar-refractivity contribution is 6.16. The maximum Gasteiger partial charge on any atom is 0.280 e. The van der Waals surface area contributed by atoms with E-state index in [4.69, 9.17) is 16.9 Å². The predicted octanol–water partition coefficient (Wildman–Crippen LogP) is 2.63. The van der Waals surface area contributed by atoms with E-state index in [9.17, 15) is 8.78 Å². The van der Waals surface area contributed by atoms with Gasteiger partial charge in [-0.25, -0.2) is 8.78 Å². The summed E-state index contributed by atoms with van der Waals surface area (Å²) in [4.78, 5) is 3.57. The van der Waals surface area contributed by atoms with E-state index in [1.165, 1.54) is 6.07 Å². The number of pyridine rings is 1. The molecule has 0 aliphatic rings. The van der Waals surface area contributed by atoms with Gasteiger partial charge in [0.1, 0.15) is 5.69 Å². The van der Waals surface area contributed by atoms with Gasteiger partial charge in [-0.05, 0) is 12.1 Å². The monoisotopic (exact) mass is 202 g/mol. The highest BCUT2D eigenvalue weighted by Crippen LogP contribution is 2.18. The van der Waals surface area contributed by atoms with Gasteiger partial charge in [0.2, 0.25) is 0 Å². The van der Waals surface area contributed by atoms with Crippen LogP contribution in [0.5, 0.6) is 0 Å². The molecule has 1 rings (SSSR count). The molecule has 1 aromatic rings. The van der Waals surface area contributed by atoms with E-state index in [0.717, 1.165) is 6.07 Å². The molecule has 5 heteroatoms. The lowest BCUT2D eigenvalue weighted by Crippen LogP contribution is -1.95. The van der Waals surface area contributed by atoms with E-state index in [2.05, 4.69) is 4.98 Å². The molecule has 1 aromatic heterocycles. The number of halogens is 3. The van der Waals surface area contributed by atoms with E-state index in [-0.39, 0.29) is 17.1 Å². The number of rotatable bonds is 2. The normalized spacial score (nSPS) is 10.1. The molecule has 0 N–H and O–H groups in total. The lowest BCUT2D eigenvalue weighted by Gasteiger charge is -2.01. The van der Waals surface area contributed by atoms with Crippen LogP contribution < -0.4 is 0 Å². The van der Waals surface area contributed by atoms with Gasteiger partial charge in [0, 0.05) is 0 Å². The van der Waals surface area contributed by atoms with Crippen LogP contribution in [0.25, 0.3) is 0 Å². The average Bonchev–Trinajstić information content (AvgIpc) is 2.16. The van der Waals surface area contributed by atoms with Crippen LogP contribution in [-0.4, -0.2) is 4.98 Å². The second kappa shape index (κ2) is 4.15. The highest BCUT2D eigenvalue weighted by Gasteiger charge is 2.11. The Hall–Kier alpha value is -1.21. The molecule has 0 spiro atoms. The zero-order valence-corrected chi connectivity index (χ0v) is 7.22. The molecular weight excluding hydrogens is 198 g/mol. The van der Waals surface area contributed by atoms with Crippen molar-refractivity contribution in [3.63, 3.8) is 0 Å². The third-order valence-electron chi connectivity index (χ3n) is 1.39. The SMILES string of the molecule is N#Cc1cc(CCl)nc(C(F)F)c1. The summed E-state index contributed by atoms with van der Waals surface area (Å²) in [5, 5.41) is 8.50. The van der Waals surface area contributed by atoms with Crippen molar-refractivity contribution in [2.24, 2.45) is 0 Å². The van der Waals surface area contributed by atoms with Gasteiger partial charge in [0.25, 0.3) is 6.43 Å². The van der Waals surface area contributed by atoms with Crippen LogP contribution in [-0.2, 0) is 5.88 Å². The summed E-state index contributed by atoms with van der Waals surface area (Å²) in [5.41, 5.74) is 0.0340. The highest BCUT2D eigenvalue weighted by atomic mass is 35.5. The minimum absolute atomic E-state index is 0.0231. The van der Waals surface area contributed by atoms with Crippen LogP contribution >= 0.6 is 11.6 Å². The third kappa shape index (κ3) is 2.36. The van der Waals surface area contributed by atoms with Crippen molar-refractivity contribution in [2.45, 2.75) is 12.3 Å². The Kier molecular flexibility index (Phi) is 3.15. The maximum atomic E-state index is 12.2. The summed E-state index contributed by atoms with van der Waals surface area (Å²) in [6, 6.07) is 4.21. The molecule has 0 saturated heterocycles. The minimum Gasteiger partial charge on any atom is -0.251 e. The van der Waals surface area contributed by atoms with Gasteiger partial charge in [-0.2, -0.15) is 5.26 Å². The zero-order valence-electron chi connectivity index (χ0n) is 6.47. The molecule has 0 aliphatic carbocycles. The van der Waals surface area contributed by atoms with Gasteiger partial charge in [-0.15, -0.1) is 11.6 Å². The number of hydrogen-bond acceptors (Lipinski definition) is 2. The predicted molar refractivity (Wildman–Crippen MR) is 43.5 cm³/mol. The fourth-order valence-corrected chi connectivity index (χ4v) is 0.993. The van der Waals surface area contributed by atoms with Crippen molar-refractivity contribution in [3.05, 3.63) is 29.1 Å². The van der Waals surface area contributed by atoms with Crippen molar-refractivity contribution in [3.8, 4) is 6.07 Å². The maximum absolute atomic E-state index is 12.2. The first kappa shape index (κ1) is 9.87. The molecule has 68 valence electrons. The second-order valence-electron chi connectivity index (χ2n) is 2.32. The zero-order chi connectivity index (χ0) is 9.84. The lowest BCUT2D eigenvalue weighted by atomic mass is 10.2. The number of aromatic nitrogens is 1. The molecular formula is C8H5ClF2N2. The van der Waals surface area contributed by atoms with Crippen LogP contribution in [0.3, 0.4) is 0 Å². The Morgan fingerprint density at radius 1 is 1.54 bits per heavy atom. The number of nitrogens with zero attached hydrogens (tertiary/aromatic N) is 2. The molecule has 0 fully saturated rings. The Balaban J connectivity index is 3.17. The minimum atomic E-state index is -2.67. The molecule has 13 heavy (non-hydrogen) atoms. The second-order valence-corrected chi connectivity index (χ2v) is 2.59. The third-order valence-corrected chi connectivity index (χ3v) is 1.66. The van der Waals surface area contributed by atoms with Gasteiger partial charge in [-0.3, -0.25) is 4.98 Å². The summed E-state index contributed by atoms with van der Waals surface area (Å²) >= 11 is 5.42. The average molecular weight is 203 g/mol. The van der Waals surface area contributed by atoms with Crippen LogP contribution in [0.2, 0.25) is 0 Å². The van der Waals surface area contributed by atoms with Crippen LogP contribution in [0, 0.1) is 11.3 Å². The van der Waals surface area contributed by atoms with E-state index in [0.29, 0.717) is 0 Å².